The van der Waals surface area contributed by atoms with Gasteiger partial charge in [-0.25, -0.2) is 9.18 Å². The molecule has 1 aliphatic heterocycles. The molecular formula is C19H19FN2O7S. The van der Waals surface area contributed by atoms with E-state index >= 15 is 4.39 Å². The summed E-state index contributed by atoms with van der Waals surface area (Å²) in [5, 5.41) is 0. The molecular weight excluding hydrogens is 419 g/mol. The van der Waals surface area contributed by atoms with Crippen LogP contribution in [0.25, 0.3) is 0 Å². The molecule has 30 heavy (non-hydrogen) atoms. The van der Waals surface area contributed by atoms with Crippen molar-refractivity contribution in [1.82, 2.24) is 9.55 Å². The topological polar surface area (TPSA) is 117 Å². The number of aromatic nitrogens is 2. The van der Waals surface area contributed by atoms with E-state index in [4.69, 9.17) is 14.2 Å². The minimum absolute atomic E-state index is 0.601. The summed E-state index contributed by atoms with van der Waals surface area (Å²) in [7, 11) is 0. The monoisotopic (exact) mass is 438 g/mol. The van der Waals surface area contributed by atoms with Crippen molar-refractivity contribution in [1.29, 1.82) is 0 Å². The highest BCUT2D eigenvalue weighted by Gasteiger charge is 2.53. The number of hydrogen-bond acceptors (Lipinski definition) is 8. The lowest BCUT2D eigenvalue weighted by Gasteiger charge is -2.24. The van der Waals surface area contributed by atoms with E-state index in [0.29, 0.717) is 4.90 Å². The quantitative estimate of drug-likeness (QED) is 0.531. The second-order valence-electron chi connectivity index (χ2n) is 6.44. The first-order valence-corrected chi connectivity index (χ1v) is 9.81. The lowest BCUT2D eigenvalue weighted by atomic mass is 10.1. The van der Waals surface area contributed by atoms with Gasteiger partial charge in [-0.15, -0.1) is 0 Å². The molecule has 160 valence electrons. The fourth-order valence-corrected chi connectivity index (χ4v) is 3.99. The van der Waals surface area contributed by atoms with Crippen LogP contribution in [0.15, 0.2) is 57.1 Å². The van der Waals surface area contributed by atoms with E-state index < -0.39 is 53.2 Å². The summed E-state index contributed by atoms with van der Waals surface area (Å²) in [6, 6.07) is 9.70. The van der Waals surface area contributed by atoms with Crippen molar-refractivity contribution in [3.05, 3.63) is 63.4 Å². The number of halogens is 1. The van der Waals surface area contributed by atoms with E-state index in [1.807, 2.05) is 0 Å². The Balaban J connectivity index is 1.98. The predicted octanol–water partition coefficient (Wildman–Crippen LogP) is 1.39. The smallest absolute Gasteiger partial charge is 0.330 e. The Hall–Kier alpha value is -2.92. The van der Waals surface area contributed by atoms with Crippen molar-refractivity contribution < 1.29 is 28.2 Å². The van der Waals surface area contributed by atoms with E-state index in [9.17, 15) is 19.2 Å². The van der Waals surface area contributed by atoms with E-state index in [-0.39, 0.29) is 0 Å². The van der Waals surface area contributed by atoms with Crippen molar-refractivity contribution in [2.24, 2.45) is 0 Å². The molecule has 11 heteroatoms. The molecule has 5 atom stereocenters. The zero-order valence-electron chi connectivity index (χ0n) is 16.0. The third-order valence-electron chi connectivity index (χ3n) is 4.20. The number of ether oxygens (including phenoxy) is 3. The van der Waals surface area contributed by atoms with Gasteiger partial charge in [0.1, 0.15) is 6.10 Å². The lowest BCUT2D eigenvalue weighted by molar-refractivity contribution is -0.165. The molecule has 9 nitrogen and oxygen atoms in total. The van der Waals surface area contributed by atoms with E-state index in [2.05, 4.69) is 4.98 Å². The zero-order valence-corrected chi connectivity index (χ0v) is 16.8. The molecule has 1 aromatic heterocycles. The van der Waals surface area contributed by atoms with Crippen molar-refractivity contribution in [3.63, 3.8) is 0 Å². The second-order valence-corrected chi connectivity index (χ2v) is 7.60. The molecule has 0 amide bonds. The van der Waals surface area contributed by atoms with Crippen LogP contribution in [0, 0.1) is 0 Å². The number of alkyl halides is 1. The van der Waals surface area contributed by atoms with Gasteiger partial charge in [-0.3, -0.25) is 23.9 Å². The first kappa shape index (κ1) is 21.8. The normalized spacial score (nSPS) is 24.2. The summed E-state index contributed by atoms with van der Waals surface area (Å²) < 4.78 is 32.4. The van der Waals surface area contributed by atoms with E-state index in [1.54, 1.807) is 30.3 Å². The predicted molar refractivity (Wildman–Crippen MR) is 104 cm³/mol. The van der Waals surface area contributed by atoms with Gasteiger partial charge in [-0.05, 0) is 12.1 Å². The van der Waals surface area contributed by atoms with Crippen LogP contribution in [-0.2, 0) is 23.8 Å². The highest BCUT2D eigenvalue weighted by Crippen LogP contribution is 2.40. The van der Waals surface area contributed by atoms with Crippen molar-refractivity contribution in [2.45, 2.75) is 48.8 Å². The molecule has 0 bridgehead atoms. The molecule has 0 spiro atoms. The SMILES string of the molecule is CC(=O)O[C@@H]1[C@H](OC(C)=O)[C@@H](C(F)Sc2ccccc2)O[C@H]1n1ccc(=O)[nH]c1=O. The Morgan fingerprint density at radius 3 is 2.33 bits per heavy atom. The molecule has 1 N–H and O–H groups in total. The third-order valence-corrected chi connectivity index (χ3v) is 5.24. The second kappa shape index (κ2) is 9.26. The molecule has 1 aromatic carbocycles. The average Bonchev–Trinajstić information content (AvgIpc) is 2.99. The maximum Gasteiger partial charge on any atom is 0.330 e. The maximum atomic E-state index is 15.2. The number of carbonyl (C=O) groups excluding carboxylic acids is 2. The van der Waals surface area contributed by atoms with Crippen LogP contribution in [0.4, 0.5) is 4.39 Å². The molecule has 1 fully saturated rings. The molecule has 1 aliphatic rings. The summed E-state index contributed by atoms with van der Waals surface area (Å²) in [4.78, 5) is 49.6. The Morgan fingerprint density at radius 1 is 1.10 bits per heavy atom. The number of thioether (sulfide) groups is 1. The summed E-state index contributed by atoms with van der Waals surface area (Å²) >= 11 is 0.828. The van der Waals surface area contributed by atoms with Gasteiger partial charge in [-0.2, -0.15) is 0 Å². The average molecular weight is 438 g/mol. The third kappa shape index (κ3) is 4.97. The summed E-state index contributed by atoms with van der Waals surface area (Å²) in [6.07, 6.45) is -4.17. The molecule has 1 unspecified atom stereocenters. The van der Waals surface area contributed by atoms with Crippen LogP contribution in [0.3, 0.4) is 0 Å². The fraction of sp³-hybridized carbons (Fsp3) is 0.368. The summed E-state index contributed by atoms with van der Waals surface area (Å²) in [5.41, 5.74) is -3.22. The standard InChI is InChI=1S/C19H19FN2O7S/c1-10(23)27-14-15(17(20)30-12-6-4-3-5-7-12)29-18(16(14)28-11(2)24)22-9-8-13(25)21-19(22)26/h3-9,14-18H,1-2H3,(H,21,25,26)/t14-,15+,16-,17?,18-/m1/s1. The van der Waals surface area contributed by atoms with Crippen molar-refractivity contribution in [2.75, 3.05) is 0 Å². The number of nitrogens with zero attached hydrogens (tertiary/aromatic N) is 1. The molecule has 2 heterocycles. The summed E-state index contributed by atoms with van der Waals surface area (Å²) in [6.45, 7) is 2.25. The van der Waals surface area contributed by atoms with Gasteiger partial charge in [0.05, 0.1) is 0 Å². The molecule has 0 radical (unpaired) electrons. The van der Waals surface area contributed by atoms with Crippen LogP contribution in [0.2, 0.25) is 0 Å². The van der Waals surface area contributed by atoms with Gasteiger partial charge < -0.3 is 14.2 Å². The van der Waals surface area contributed by atoms with Crippen LogP contribution in [-0.4, -0.2) is 45.3 Å². The molecule has 0 saturated carbocycles. The number of esters is 2. The van der Waals surface area contributed by atoms with Gasteiger partial charge in [0.25, 0.3) is 5.56 Å². The van der Waals surface area contributed by atoms with E-state index in [1.165, 1.54) is 0 Å². The molecule has 0 aliphatic carbocycles. The zero-order chi connectivity index (χ0) is 21.8. The van der Waals surface area contributed by atoms with Gasteiger partial charge >= 0.3 is 17.6 Å². The van der Waals surface area contributed by atoms with Gasteiger partial charge in [0.15, 0.2) is 23.9 Å². The molecule has 1 saturated heterocycles. The van der Waals surface area contributed by atoms with Gasteiger partial charge in [-0.1, -0.05) is 30.0 Å². The Morgan fingerprint density at radius 2 is 1.73 bits per heavy atom. The lowest BCUT2D eigenvalue weighted by Crippen LogP contribution is -2.43. The van der Waals surface area contributed by atoms with Crippen LogP contribution < -0.4 is 11.2 Å². The molecule has 2 aromatic rings. The minimum Gasteiger partial charge on any atom is -0.455 e. The number of hydrogen-bond donors (Lipinski definition) is 1. The Bertz CT molecular complexity index is 1030. The van der Waals surface area contributed by atoms with E-state index in [0.717, 1.165) is 42.4 Å². The van der Waals surface area contributed by atoms with Crippen molar-refractivity contribution >= 4 is 23.7 Å². The van der Waals surface area contributed by atoms with Gasteiger partial charge in [0.2, 0.25) is 0 Å². The number of rotatable bonds is 6. The van der Waals surface area contributed by atoms with Crippen molar-refractivity contribution in [3.8, 4) is 0 Å². The number of H-pyrrole nitrogens is 1. The minimum atomic E-state index is -1.72. The number of carbonyl (C=O) groups is 2. The van der Waals surface area contributed by atoms with Crippen LogP contribution in [0.1, 0.15) is 20.1 Å². The fourth-order valence-electron chi connectivity index (χ4n) is 3.07. The van der Waals surface area contributed by atoms with Crippen LogP contribution >= 0.6 is 11.8 Å². The van der Waals surface area contributed by atoms with Crippen LogP contribution in [0.5, 0.6) is 0 Å². The van der Waals surface area contributed by atoms with Gasteiger partial charge in [0, 0.05) is 31.0 Å². The first-order valence-electron chi connectivity index (χ1n) is 8.93. The Labute approximate surface area is 174 Å². The molecule has 3 rings (SSSR count). The number of benzene rings is 1. The Kier molecular flexibility index (Phi) is 6.73. The first-order chi connectivity index (χ1) is 14.3. The number of nitrogens with one attached hydrogen (secondary N) is 1. The number of aromatic amines is 1. The largest absolute Gasteiger partial charge is 0.455 e. The summed E-state index contributed by atoms with van der Waals surface area (Å²) in [5.74, 6) is -1.48. The maximum absolute atomic E-state index is 15.2. The highest BCUT2D eigenvalue weighted by molar-refractivity contribution is 7.99. The highest BCUT2D eigenvalue weighted by atomic mass is 32.2.